The number of rotatable bonds is 7. The summed E-state index contributed by atoms with van der Waals surface area (Å²) in [7, 11) is 1.50. The second-order valence-electron chi connectivity index (χ2n) is 6.11. The topological polar surface area (TPSA) is 73.3 Å². The lowest BCUT2D eigenvalue weighted by Gasteiger charge is -2.35. The lowest BCUT2D eigenvalue weighted by molar-refractivity contribution is -0.923. The van der Waals surface area contributed by atoms with E-state index in [0.29, 0.717) is 11.4 Å². The molecule has 5 heteroatoms. The first-order chi connectivity index (χ1) is 12.5. The van der Waals surface area contributed by atoms with Crippen LogP contribution in [-0.2, 0) is 4.79 Å². The quantitative estimate of drug-likeness (QED) is 0.602. The van der Waals surface area contributed by atoms with Crippen molar-refractivity contribution in [3.63, 3.8) is 0 Å². The summed E-state index contributed by atoms with van der Waals surface area (Å²) in [6.07, 6.45) is 1.80. The summed E-state index contributed by atoms with van der Waals surface area (Å²) >= 11 is 0. The second kappa shape index (κ2) is 13.3. The Morgan fingerprint density at radius 3 is 2.12 bits per heavy atom. The lowest BCUT2D eigenvalue weighted by Crippen LogP contribution is -2.48. The number of benzene rings is 1. The zero-order valence-electron chi connectivity index (χ0n) is 17.0. The molecule has 0 atom stereocenters. The molecule has 1 heterocycles. The van der Waals surface area contributed by atoms with Gasteiger partial charge in [-0.15, -0.1) is 0 Å². The number of hydrogen-bond donors (Lipinski definition) is 1. The van der Waals surface area contributed by atoms with Crippen molar-refractivity contribution in [1.29, 1.82) is 0 Å². The van der Waals surface area contributed by atoms with Gasteiger partial charge in [0.25, 0.3) is 0 Å². The van der Waals surface area contributed by atoms with Gasteiger partial charge in [0.1, 0.15) is 11.4 Å². The maximum atomic E-state index is 10.8. The largest absolute Gasteiger partial charge is 0.423 e. The summed E-state index contributed by atoms with van der Waals surface area (Å²) in [5.41, 5.74) is 4.84. The zero-order chi connectivity index (χ0) is 20.0. The smallest absolute Gasteiger partial charge is 0.336 e. The summed E-state index contributed by atoms with van der Waals surface area (Å²) in [4.78, 5) is 21.5. The van der Waals surface area contributed by atoms with E-state index in [0.717, 1.165) is 29.3 Å². The number of quaternary nitrogens is 1. The molecule has 0 radical (unpaired) electrons. The molecule has 0 spiro atoms. The highest BCUT2D eigenvalue weighted by atomic mass is 16.4. The summed E-state index contributed by atoms with van der Waals surface area (Å²) in [5, 5.41) is 0.951. The van der Waals surface area contributed by atoms with Crippen molar-refractivity contribution in [2.75, 3.05) is 33.2 Å². The van der Waals surface area contributed by atoms with Crippen molar-refractivity contribution in [3.05, 3.63) is 46.8 Å². The Morgan fingerprint density at radius 1 is 1.00 bits per heavy atom. The van der Waals surface area contributed by atoms with Gasteiger partial charge in [-0.2, -0.15) is 0 Å². The first-order valence-electron chi connectivity index (χ1n) is 9.37. The summed E-state index contributed by atoms with van der Waals surface area (Å²) < 4.78 is 6.07. The molecule has 2 N–H and O–H groups in total. The van der Waals surface area contributed by atoms with Crippen LogP contribution < -0.4 is 11.4 Å². The number of nitrogens with zero attached hydrogens (tertiary/aromatic N) is 1. The Balaban J connectivity index is 0.000000441. The van der Waals surface area contributed by atoms with Crippen LogP contribution in [0.2, 0.25) is 0 Å². The molecule has 0 aliphatic rings. The average Bonchev–Trinajstić information content (AvgIpc) is 2.67. The third kappa shape index (κ3) is 8.41. The number of carbonyl (C=O) groups excluding carboxylic acids is 1. The van der Waals surface area contributed by atoms with Crippen LogP contribution in [0, 0.1) is 0 Å². The van der Waals surface area contributed by atoms with Gasteiger partial charge >= 0.3 is 5.63 Å². The van der Waals surface area contributed by atoms with E-state index in [2.05, 4.69) is 26.5 Å². The van der Waals surface area contributed by atoms with E-state index in [1.807, 2.05) is 18.2 Å². The minimum atomic E-state index is -0.302. The first-order valence-corrected chi connectivity index (χ1v) is 9.37. The summed E-state index contributed by atoms with van der Waals surface area (Å²) in [6, 6.07) is 10.6. The molecular weight excluding hydrogens is 328 g/mol. The van der Waals surface area contributed by atoms with Gasteiger partial charge in [0.15, 0.2) is 0 Å². The Bertz CT molecular complexity index is 682. The maximum absolute atomic E-state index is 10.8. The number of carbonyl (C=O) groups is 1. The molecule has 0 aliphatic heterocycles. The highest BCUT2D eigenvalue weighted by Gasteiger charge is 2.19. The molecule has 146 valence electrons. The Kier molecular flexibility index (Phi) is 12.2. The molecule has 0 saturated carbocycles. The third-order valence-corrected chi connectivity index (χ3v) is 4.70. The number of nitrogens with two attached hydrogens (primary N) is 1. The summed E-state index contributed by atoms with van der Waals surface area (Å²) in [5.74, 6) is 0.321. The molecule has 2 aromatic rings. The fraction of sp³-hybridized carbons (Fsp3) is 0.524. The van der Waals surface area contributed by atoms with Gasteiger partial charge in [0.05, 0.1) is 26.2 Å². The summed E-state index contributed by atoms with van der Waals surface area (Å²) in [6.45, 7) is 13.1. The number of Topliss-reactive ketones (excluding diaryl/α,β-unsaturated/α-hetero) is 1. The van der Waals surface area contributed by atoms with Crippen LogP contribution in [-0.4, -0.2) is 43.5 Å². The molecule has 0 amide bonds. The predicted molar refractivity (Wildman–Crippen MR) is 109 cm³/mol. The Morgan fingerprint density at radius 2 is 1.58 bits per heavy atom. The van der Waals surface area contributed by atoms with Crippen LogP contribution in [0.3, 0.4) is 0 Å². The molecule has 0 fully saturated rings. The van der Waals surface area contributed by atoms with Gasteiger partial charge in [-0.25, -0.2) is 4.79 Å². The fourth-order valence-electron chi connectivity index (χ4n) is 2.82. The molecule has 26 heavy (non-hydrogen) atoms. The number of para-hydroxylation sites is 1. The number of fused-ring (bicyclic) bond motifs is 1. The van der Waals surface area contributed by atoms with Crippen molar-refractivity contribution in [2.24, 2.45) is 5.73 Å². The van der Waals surface area contributed by atoms with Crippen LogP contribution >= 0.6 is 0 Å². The molecule has 0 unspecified atom stereocenters. The third-order valence-electron chi connectivity index (χ3n) is 4.70. The van der Waals surface area contributed by atoms with Gasteiger partial charge < -0.3 is 19.4 Å². The number of ketones is 1. The normalized spacial score (nSPS) is 10.4. The maximum Gasteiger partial charge on any atom is 0.336 e. The average molecular weight is 364 g/mol. The molecule has 5 nitrogen and oxygen atoms in total. The van der Waals surface area contributed by atoms with Crippen molar-refractivity contribution < 1.29 is 13.7 Å². The van der Waals surface area contributed by atoms with E-state index < -0.39 is 0 Å². The minimum Gasteiger partial charge on any atom is -0.423 e. The minimum absolute atomic E-state index is 0.302. The van der Waals surface area contributed by atoms with Gasteiger partial charge in [0.2, 0.25) is 0 Å². The van der Waals surface area contributed by atoms with Crippen LogP contribution in [0.1, 0.15) is 40.5 Å². The van der Waals surface area contributed by atoms with Crippen LogP contribution in [0.4, 0.5) is 0 Å². The van der Waals surface area contributed by atoms with E-state index in [4.69, 9.17) is 4.42 Å². The van der Waals surface area contributed by atoms with Crippen LogP contribution in [0.15, 0.2) is 45.6 Å². The van der Waals surface area contributed by atoms with E-state index in [-0.39, 0.29) is 5.63 Å². The fourth-order valence-corrected chi connectivity index (χ4v) is 2.82. The van der Waals surface area contributed by atoms with Crippen molar-refractivity contribution >= 4 is 16.8 Å². The van der Waals surface area contributed by atoms with E-state index in [1.165, 1.54) is 32.7 Å². The highest BCUT2D eigenvalue weighted by Crippen LogP contribution is 2.09. The monoisotopic (exact) mass is 363 g/mol. The van der Waals surface area contributed by atoms with E-state index in [9.17, 15) is 9.59 Å². The van der Waals surface area contributed by atoms with Gasteiger partial charge in [-0.1, -0.05) is 18.2 Å². The van der Waals surface area contributed by atoms with E-state index in [1.54, 1.807) is 19.1 Å². The molecule has 1 aromatic heterocycles. The molecule has 1 aromatic carbocycles. The van der Waals surface area contributed by atoms with Crippen molar-refractivity contribution in [3.8, 4) is 0 Å². The lowest BCUT2D eigenvalue weighted by atomic mass is 10.2. The molecule has 0 bridgehead atoms. The Labute approximate surface area is 157 Å². The predicted octanol–water partition coefficient (Wildman–Crippen LogP) is 3.60. The van der Waals surface area contributed by atoms with E-state index >= 15 is 0 Å². The molecule has 2 rings (SSSR count). The van der Waals surface area contributed by atoms with Gasteiger partial charge in [-0.05, 0) is 46.9 Å². The Hall–Kier alpha value is -1.98. The molecular formula is C21H35N2O3+. The zero-order valence-corrected chi connectivity index (χ0v) is 17.0. The molecule has 0 aliphatic carbocycles. The molecule has 0 saturated heterocycles. The van der Waals surface area contributed by atoms with Crippen LogP contribution in [0.25, 0.3) is 11.0 Å². The first kappa shape index (κ1) is 24.0. The van der Waals surface area contributed by atoms with Crippen molar-refractivity contribution in [2.45, 2.75) is 40.5 Å². The van der Waals surface area contributed by atoms with Crippen molar-refractivity contribution in [1.82, 2.24) is 0 Å². The van der Waals surface area contributed by atoms with Gasteiger partial charge in [0, 0.05) is 24.3 Å². The standard InChI is InChI=1S/C11H24NO.C9H6O2.CH5N/c1-5-12(6-2,7-3)10-8-9-11(4)13;10-9-6-5-7-3-1-2-4-8(7)11-9;1-2/h5-10H2,1-4H3;1-6H;2H2,1H3/q+1;;. The number of hydrogen-bond acceptors (Lipinski definition) is 4. The van der Waals surface area contributed by atoms with Crippen LogP contribution in [0.5, 0.6) is 0 Å². The highest BCUT2D eigenvalue weighted by molar-refractivity contribution is 5.75. The SMILES string of the molecule is CC[N+](CC)(CC)CCCC(C)=O.CN.O=c1ccc2ccccc2o1. The second-order valence-corrected chi connectivity index (χ2v) is 6.11. The van der Waals surface area contributed by atoms with Gasteiger partial charge in [-0.3, -0.25) is 0 Å².